The van der Waals surface area contributed by atoms with Gasteiger partial charge in [0.15, 0.2) is 0 Å². The van der Waals surface area contributed by atoms with Crippen molar-refractivity contribution < 1.29 is 4.79 Å². The highest BCUT2D eigenvalue weighted by atomic mass is 16.2. The number of aromatic amines is 1. The lowest BCUT2D eigenvalue weighted by atomic mass is 9.99. The largest absolute Gasteiger partial charge is 0.337 e. The summed E-state index contributed by atoms with van der Waals surface area (Å²) < 4.78 is 0. The first-order valence-electron chi connectivity index (χ1n) is 7.93. The van der Waals surface area contributed by atoms with E-state index in [1.165, 1.54) is 6.20 Å². The van der Waals surface area contributed by atoms with E-state index in [2.05, 4.69) is 16.0 Å². The third-order valence-electron chi connectivity index (χ3n) is 4.25. The van der Waals surface area contributed by atoms with E-state index in [0.717, 1.165) is 24.0 Å². The van der Waals surface area contributed by atoms with E-state index >= 15 is 0 Å². The minimum Gasteiger partial charge on any atom is -0.337 e. The summed E-state index contributed by atoms with van der Waals surface area (Å²) in [6.45, 7) is 2.92. The predicted molar refractivity (Wildman–Crippen MR) is 89.3 cm³/mol. The molecule has 0 radical (unpaired) electrons. The van der Waals surface area contributed by atoms with Gasteiger partial charge in [-0.2, -0.15) is 5.26 Å². The highest BCUT2D eigenvalue weighted by molar-refractivity contribution is 5.93. The number of rotatable bonds is 2. The van der Waals surface area contributed by atoms with Gasteiger partial charge in [-0.1, -0.05) is 29.8 Å². The smallest absolute Gasteiger partial charge is 0.264 e. The van der Waals surface area contributed by atoms with Crippen LogP contribution in [0.3, 0.4) is 0 Å². The van der Waals surface area contributed by atoms with Gasteiger partial charge in [0.1, 0.15) is 11.4 Å². The number of H-pyrrole nitrogens is 1. The number of nitrogens with one attached hydrogen (secondary N) is 1. The molecule has 1 aliphatic rings. The number of aryl methyl sites for hydroxylation is 1. The number of benzene rings is 1. The Balaban J connectivity index is 1.85. The van der Waals surface area contributed by atoms with Crippen LogP contribution in [-0.2, 0) is 0 Å². The number of aromatic nitrogens is 2. The fourth-order valence-electron chi connectivity index (χ4n) is 2.84. The average molecular weight is 322 g/mol. The van der Waals surface area contributed by atoms with Gasteiger partial charge < -0.3 is 9.88 Å². The molecule has 1 aliphatic heterocycles. The standard InChI is InChI=1S/C18H18N4O2/c1-12-4-6-14(7-5-12)16-20-10-15(17(23)21-16)18(24)22-8-2-3-13(9-19)11-22/h4-7,10,13H,2-3,8,11H2,1H3,(H,20,21,23). The molecule has 2 heterocycles. The second kappa shape index (κ2) is 6.67. The maximum Gasteiger partial charge on any atom is 0.264 e. The molecule has 1 atom stereocenters. The lowest BCUT2D eigenvalue weighted by Gasteiger charge is -2.29. The average Bonchev–Trinajstić information content (AvgIpc) is 2.62. The Kier molecular flexibility index (Phi) is 4.43. The molecule has 1 amide bonds. The normalized spacial score (nSPS) is 17.3. The highest BCUT2D eigenvalue weighted by Gasteiger charge is 2.26. The summed E-state index contributed by atoms with van der Waals surface area (Å²) in [6, 6.07) is 9.81. The van der Waals surface area contributed by atoms with Crippen molar-refractivity contribution in [3.63, 3.8) is 0 Å². The second-order valence-electron chi connectivity index (χ2n) is 6.06. The minimum atomic E-state index is -0.454. The molecule has 6 nitrogen and oxygen atoms in total. The Labute approximate surface area is 139 Å². The van der Waals surface area contributed by atoms with E-state index in [-0.39, 0.29) is 17.4 Å². The van der Waals surface area contributed by atoms with Gasteiger partial charge in [0, 0.05) is 24.8 Å². The summed E-state index contributed by atoms with van der Waals surface area (Å²) in [5.74, 6) is -0.0918. The Hall–Kier alpha value is -2.94. The van der Waals surface area contributed by atoms with Crippen molar-refractivity contribution in [3.05, 3.63) is 51.9 Å². The number of carbonyl (C=O) groups excluding carboxylic acids is 1. The van der Waals surface area contributed by atoms with Gasteiger partial charge >= 0.3 is 0 Å². The topological polar surface area (TPSA) is 89.8 Å². The molecule has 0 aliphatic carbocycles. The molecule has 1 saturated heterocycles. The fourth-order valence-corrected chi connectivity index (χ4v) is 2.84. The first-order valence-corrected chi connectivity index (χ1v) is 7.93. The summed E-state index contributed by atoms with van der Waals surface area (Å²) in [4.78, 5) is 33.3. The highest BCUT2D eigenvalue weighted by Crippen LogP contribution is 2.18. The van der Waals surface area contributed by atoms with Gasteiger partial charge in [-0.3, -0.25) is 9.59 Å². The van der Waals surface area contributed by atoms with E-state index in [1.54, 1.807) is 4.90 Å². The van der Waals surface area contributed by atoms with Crippen LogP contribution in [0.1, 0.15) is 28.8 Å². The molecule has 122 valence electrons. The predicted octanol–water partition coefficient (Wildman–Crippen LogP) is 2.12. The SMILES string of the molecule is Cc1ccc(-c2ncc(C(=O)N3CCCC(C#N)C3)c(=O)[nH]2)cc1. The molecule has 1 aromatic heterocycles. The molecule has 24 heavy (non-hydrogen) atoms. The van der Waals surface area contributed by atoms with Gasteiger partial charge in [-0.25, -0.2) is 4.98 Å². The summed E-state index contributed by atoms with van der Waals surface area (Å²) >= 11 is 0. The third kappa shape index (κ3) is 3.20. The zero-order valence-corrected chi connectivity index (χ0v) is 13.5. The molecule has 0 bridgehead atoms. The third-order valence-corrected chi connectivity index (χ3v) is 4.25. The van der Waals surface area contributed by atoms with Crippen LogP contribution < -0.4 is 5.56 Å². The van der Waals surface area contributed by atoms with Crippen LogP contribution in [0.15, 0.2) is 35.3 Å². The van der Waals surface area contributed by atoms with Crippen LogP contribution in [0.25, 0.3) is 11.4 Å². The maximum atomic E-state index is 12.5. The monoisotopic (exact) mass is 322 g/mol. The van der Waals surface area contributed by atoms with Gasteiger partial charge in [-0.05, 0) is 19.8 Å². The van der Waals surface area contributed by atoms with Crippen molar-refractivity contribution in [2.45, 2.75) is 19.8 Å². The summed E-state index contributed by atoms with van der Waals surface area (Å²) in [6.07, 6.45) is 2.89. The Bertz CT molecular complexity index is 849. The molecule has 2 aromatic rings. The van der Waals surface area contributed by atoms with Crippen molar-refractivity contribution >= 4 is 5.91 Å². The second-order valence-corrected chi connectivity index (χ2v) is 6.06. The van der Waals surface area contributed by atoms with Crippen molar-refractivity contribution in [2.24, 2.45) is 5.92 Å². The summed E-state index contributed by atoms with van der Waals surface area (Å²) in [7, 11) is 0. The first-order chi connectivity index (χ1) is 11.6. The molecule has 6 heteroatoms. The molecule has 1 unspecified atom stereocenters. The number of amides is 1. The Morgan fingerprint density at radius 3 is 2.79 bits per heavy atom. The molecule has 0 spiro atoms. The molecule has 0 saturated carbocycles. The molecular formula is C18H18N4O2. The lowest BCUT2D eigenvalue weighted by molar-refractivity contribution is 0.0696. The van der Waals surface area contributed by atoms with Crippen molar-refractivity contribution in [1.82, 2.24) is 14.9 Å². The van der Waals surface area contributed by atoms with Crippen molar-refractivity contribution in [2.75, 3.05) is 13.1 Å². The number of hydrogen-bond acceptors (Lipinski definition) is 4. The van der Waals surface area contributed by atoms with Gasteiger partial charge in [-0.15, -0.1) is 0 Å². The van der Waals surface area contributed by atoms with Crippen LogP contribution in [0.2, 0.25) is 0 Å². The number of nitrogens with zero attached hydrogens (tertiary/aromatic N) is 3. The molecule has 1 aromatic carbocycles. The van der Waals surface area contributed by atoms with Crippen molar-refractivity contribution in [3.8, 4) is 17.5 Å². The number of piperidine rings is 1. The Morgan fingerprint density at radius 2 is 2.12 bits per heavy atom. The number of carbonyl (C=O) groups is 1. The lowest BCUT2D eigenvalue weighted by Crippen LogP contribution is -2.41. The number of nitriles is 1. The van der Waals surface area contributed by atoms with Crippen LogP contribution in [0.5, 0.6) is 0 Å². The maximum absolute atomic E-state index is 12.5. The van der Waals surface area contributed by atoms with E-state index in [4.69, 9.17) is 5.26 Å². The summed E-state index contributed by atoms with van der Waals surface area (Å²) in [5, 5.41) is 9.03. The molecule has 1 fully saturated rings. The van der Waals surface area contributed by atoms with Crippen LogP contribution >= 0.6 is 0 Å². The zero-order valence-electron chi connectivity index (χ0n) is 13.5. The minimum absolute atomic E-state index is 0.0180. The van der Waals surface area contributed by atoms with E-state index in [0.29, 0.717) is 18.9 Å². The number of hydrogen-bond donors (Lipinski definition) is 1. The molecule has 1 N–H and O–H groups in total. The van der Waals surface area contributed by atoms with Gasteiger partial charge in [0.25, 0.3) is 11.5 Å². The fraction of sp³-hybridized carbons (Fsp3) is 0.333. The van der Waals surface area contributed by atoms with E-state index in [1.807, 2.05) is 31.2 Å². The van der Waals surface area contributed by atoms with Gasteiger partial charge in [0.05, 0.1) is 12.0 Å². The summed E-state index contributed by atoms with van der Waals surface area (Å²) in [5.41, 5.74) is 1.47. The number of likely N-dealkylation sites (tertiary alicyclic amines) is 1. The first kappa shape index (κ1) is 15.9. The van der Waals surface area contributed by atoms with Crippen LogP contribution in [0, 0.1) is 24.2 Å². The van der Waals surface area contributed by atoms with Gasteiger partial charge in [0.2, 0.25) is 0 Å². The van der Waals surface area contributed by atoms with Crippen LogP contribution in [0.4, 0.5) is 0 Å². The molecular weight excluding hydrogens is 304 g/mol. The molecule has 3 rings (SSSR count). The van der Waals surface area contributed by atoms with E-state index in [9.17, 15) is 9.59 Å². The Morgan fingerprint density at radius 1 is 1.38 bits per heavy atom. The van der Waals surface area contributed by atoms with Crippen LogP contribution in [-0.4, -0.2) is 33.9 Å². The van der Waals surface area contributed by atoms with Crippen molar-refractivity contribution in [1.29, 1.82) is 5.26 Å². The van der Waals surface area contributed by atoms with E-state index < -0.39 is 5.56 Å². The quantitative estimate of drug-likeness (QED) is 0.917. The zero-order chi connectivity index (χ0) is 17.1.